The fourth-order valence-electron chi connectivity index (χ4n) is 3.12. The minimum Gasteiger partial charge on any atom is -0.504 e. The minimum atomic E-state index is -0.276. The summed E-state index contributed by atoms with van der Waals surface area (Å²) in [6.45, 7) is 0. The molecule has 1 unspecified atom stereocenters. The van der Waals surface area contributed by atoms with Crippen molar-refractivity contribution in [2.45, 2.75) is 25.0 Å². The van der Waals surface area contributed by atoms with Gasteiger partial charge in [0.25, 0.3) is 5.91 Å². The van der Waals surface area contributed by atoms with Crippen LogP contribution in [0.5, 0.6) is 11.5 Å². The summed E-state index contributed by atoms with van der Waals surface area (Å²) in [7, 11) is 1.52. The molecule has 0 saturated heterocycles. The highest BCUT2D eigenvalue weighted by Crippen LogP contribution is 2.42. The zero-order valence-electron chi connectivity index (χ0n) is 12.8. The lowest BCUT2D eigenvalue weighted by Crippen LogP contribution is -2.44. The van der Waals surface area contributed by atoms with E-state index in [0.29, 0.717) is 11.3 Å². The summed E-state index contributed by atoms with van der Waals surface area (Å²) in [5.41, 5.74) is 2.38. The van der Waals surface area contributed by atoms with Crippen molar-refractivity contribution in [1.29, 1.82) is 0 Å². The Hall–Kier alpha value is -2.69. The van der Waals surface area contributed by atoms with Gasteiger partial charge in [-0.25, -0.2) is 0 Å². The van der Waals surface area contributed by atoms with Crippen molar-refractivity contribution in [1.82, 2.24) is 4.90 Å². The van der Waals surface area contributed by atoms with Gasteiger partial charge in [0.1, 0.15) is 6.17 Å². The number of nitrogens with one attached hydrogen (secondary N) is 1. The van der Waals surface area contributed by atoms with E-state index in [-0.39, 0.29) is 23.9 Å². The van der Waals surface area contributed by atoms with Gasteiger partial charge in [-0.2, -0.15) is 0 Å². The van der Waals surface area contributed by atoms with Crippen LogP contribution in [0.15, 0.2) is 42.5 Å². The monoisotopic (exact) mass is 310 g/mol. The van der Waals surface area contributed by atoms with Crippen LogP contribution in [0.4, 0.5) is 5.69 Å². The molecule has 118 valence electrons. The zero-order chi connectivity index (χ0) is 16.0. The number of aromatic hydroxyl groups is 1. The molecule has 0 bridgehead atoms. The van der Waals surface area contributed by atoms with Gasteiger partial charge in [0.15, 0.2) is 11.5 Å². The van der Waals surface area contributed by atoms with Crippen molar-refractivity contribution in [3.63, 3.8) is 0 Å². The number of nitrogens with zero attached hydrogens (tertiary/aromatic N) is 1. The van der Waals surface area contributed by atoms with E-state index in [4.69, 9.17) is 4.74 Å². The highest BCUT2D eigenvalue weighted by molar-refractivity contribution is 6.02. The normalized spacial score (nSPS) is 20.0. The van der Waals surface area contributed by atoms with Crippen molar-refractivity contribution in [3.05, 3.63) is 53.6 Å². The first-order chi connectivity index (χ1) is 11.2. The first-order valence-electron chi connectivity index (χ1n) is 7.74. The van der Waals surface area contributed by atoms with Crippen LogP contribution in [-0.2, 0) is 0 Å². The van der Waals surface area contributed by atoms with Crippen LogP contribution in [-0.4, -0.2) is 29.1 Å². The molecule has 1 amide bonds. The maximum atomic E-state index is 12.9. The maximum absolute atomic E-state index is 12.9. The number of carbonyl (C=O) groups is 1. The van der Waals surface area contributed by atoms with E-state index in [9.17, 15) is 9.90 Å². The predicted octanol–water partition coefficient (Wildman–Crippen LogP) is 3.13. The smallest absolute Gasteiger partial charge is 0.258 e. The molecule has 2 aliphatic rings. The number of hydrogen-bond acceptors (Lipinski definition) is 4. The molecule has 2 aromatic carbocycles. The number of rotatable bonds is 3. The number of methoxy groups -OCH3 is 1. The summed E-state index contributed by atoms with van der Waals surface area (Å²) in [6, 6.07) is 13.1. The third-order valence-electron chi connectivity index (χ3n) is 4.42. The van der Waals surface area contributed by atoms with E-state index < -0.39 is 0 Å². The summed E-state index contributed by atoms with van der Waals surface area (Å²) in [5, 5.41) is 13.5. The second-order valence-electron chi connectivity index (χ2n) is 5.97. The summed E-state index contributed by atoms with van der Waals surface area (Å²) < 4.78 is 5.10. The predicted molar refractivity (Wildman–Crippen MR) is 86.7 cm³/mol. The fraction of sp³-hybridized carbons (Fsp3) is 0.278. The molecule has 1 saturated carbocycles. The first kappa shape index (κ1) is 13.9. The quantitative estimate of drug-likeness (QED) is 0.914. The van der Waals surface area contributed by atoms with Crippen molar-refractivity contribution in [2.75, 3.05) is 12.4 Å². The molecular formula is C18H18N2O3. The minimum absolute atomic E-state index is 0.0437. The molecule has 1 fully saturated rings. The molecule has 1 heterocycles. The van der Waals surface area contributed by atoms with Crippen molar-refractivity contribution in [2.24, 2.45) is 0 Å². The molecule has 1 aliphatic carbocycles. The van der Waals surface area contributed by atoms with Crippen LogP contribution in [0.1, 0.15) is 34.9 Å². The molecule has 1 atom stereocenters. The van der Waals surface area contributed by atoms with E-state index in [2.05, 4.69) is 5.32 Å². The molecule has 1 aliphatic heterocycles. The number of ether oxygens (including phenoxy) is 1. The average Bonchev–Trinajstić information content (AvgIpc) is 3.39. The van der Waals surface area contributed by atoms with Gasteiger partial charge in [-0.3, -0.25) is 4.79 Å². The van der Waals surface area contributed by atoms with E-state index in [1.165, 1.54) is 7.11 Å². The Balaban J connectivity index is 1.77. The average molecular weight is 310 g/mol. The highest BCUT2D eigenvalue weighted by Gasteiger charge is 2.42. The molecule has 0 spiro atoms. The Kier molecular flexibility index (Phi) is 3.15. The fourth-order valence-corrected chi connectivity index (χ4v) is 3.12. The van der Waals surface area contributed by atoms with E-state index in [0.717, 1.165) is 24.1 Å². The van der Waals surface area contributed by atoms with Gasteiger partial charge in [-0.15, -0.1) is 0 Å². The lowest BCUT2D eigenvalue weighted by Gasteiger charge is -2.38. The molecular weight excluding hydrogens is 292 g/mol. The third kappa shape index (κ3) is 2.29. The Morgan fingerprint density at radius 1 is 1.22 bits per heavy atom. The number of para-hydroxylation sites is 1. The molecule has 23 heavy (non-hydrogen) atoms. The summed E-state index contributed by atoms with van der Waals surface area (Å²) in [4.78, 5) is 14.8. The second kappa shape index (κ2) is 5.19. The van der Waals surface area contributed by atoms with Gasteiger partial charge in [-0.1, -0.05) is 18.2 Å². The number of phenols is 1. The maximum Gasteiger partial charge on any atom is 0.258 e. The van der Waals surface area contributed by atoms with E-state index in [1.54, 1.807) is 12.1 Å². The second-order valence-corrected chi connectivity index (χ2v) is 5.97. The van der Waals surface area contributed by atoms with Crippen LogP contribution in [0, 0.1) is 0 Å². The van der Waals surface area contributed by atoms with E-state index >= 15 is 0 Å². The van der Waals surface area contributed by atoms with Crippen LogP contribution in [0.25, 0.3) is 0 Å². The van der Waals surface area contributed by atoms with Crippen molar-refractivity contribution in [3.8, 4) is 11.5 Å². The molecule has 4 rings (SSSR count). The standard InChI is InChI=1S/C18H18N2O3/c1-23-16-9-6-11(10-15(16)21)17-19-14-5-3-2-4-13(14)18(22)20(17)12-7-8-12/h2-6,9-10,12,17,19,21H,7-8H2,1H3. The zero-order valence-corrected chi connectivity index (χ0v) is 12.8. The number of amides is 1. The Morgan fingerprint density at radius 3 is 2.70 bits per heavy atom. The molecule has 0 radical (unpaired) electrons. The Bertz CT molecular complexity index is 771. The van der Waals surface area contributed by atoms with Crippen LogP contribution >= 0.6 is 0 Å². The van der Waals surface area contributed by atoms with Gasteiger partial charge in [0, 0.05) is 11.7 Å². The van der Waals surface area contributed by atoms with Gasteiger partial charge in [0.2, 0.25) is 0 Å². The number of hydrogen-bond donors (Lipinski definition) is 2. The number of carbonyl (C=O) groups excluding carboxylic acids is 1. The Morgan fingerprint density at radius 2 is 2.00 bits per heavy atom. The largest absolute Gasteiger partial charge is 0.504 e. The van der Waals surface area contributed by atoms with Crippen LogP contribution in [0.3, 0.4) is 0 Å². The lowest BCUT2D eigenvalue weighted by molar-refractivity contribution is 0.0666. The Labute approximate surface area is 134 Å². The molecule has 5 nitrogen and oxygen atoms in total. The number of benzene rings is 2. The first-order valence-corrected chi connectivity index (χ1v) is 7.74. The van der Waals surface area contributed by atoms with Crippen LogP contribution in [0.2, 0.25) is 0 Å². The van der Waals surface area contributed by atoms with Gasteiger partial charge >= 0.3 is 0 Å². The number of fused-ring (bicyclic) bond motifs is 1. The number of phenolic OH excluding ortho intramolecular Hbond substituents is 1. The SMILES string of the molecule is COc1ccc(C2Nc3ccccc3C(=O)N2C2CC2)cc1O. The molecule has 5 heteroatoms. The highest BCUT2D eigenvalue weighted by atomic mass is 16.5. The lowest BCUT2D eigenvalue weighted by atomic mass is 10.0. The topological polar surface area (TPSA) is 61.8 Å². The molecule has 2 N–H and O–H groups in total. The molecule has 2 aromatic rings. The van der Waals surface area contributed by atoms with E-state index in [1.807, 2.05) is 35.2 Å². The van der Waals surface area contributed by atoms with Gasteiger partial charge in [-0.05, 0) is 42.7 Å². The summed E-state index contributed by atoms with van der Waals surface area (Å²) >= 11 is 0. The van der Waals surface area contributed by atoms with Crippen LogP contribution < -0.4 is 10.1 Å². The van der Waals surface area contributed by atoms with Crippen molar-refractivity contribution < 1.29 is 14.6 Å². The number of anilines is 1. The third-order valence-corrected chi connectivity index (χ3v) is 4.42. The van der Waals surface area contributed by atoms with Gasteiger partial charge < -0.3 is 20.1 Å². The summed E-state index contributed by atoms with van der Waals surface area (Å²) in [5.74, 6) is 0.547. The molecule has 0 aromatic heterocycles. The summed E-state index contributed by atoms with van der Waals surface area (Å²) in [6.07, 6.45) is 1.77. The van der Waals surface area contributed by atoms with Gasteiger partial charge in [0.05, 0.1) is 12.7 Å². The van der Waals surface area contributed by atoms with Crippen molar-refractivity contribution >= 4 is 11.6 Å².